The van der Waals surface area contributed by atoms with Crippen LogP contribution in [0.4, 0.5) is 0 Å². The molecule has 67 heavy (non-hydrogen) atoms. The van der Waals surface area contributed by atoms with Crippen molar-refractivity contribution in [1.29, 1.82) is 0 Å². The number of rotatable bonds is 54. The third-order valence-corrected chi connectivity index (χ3v) is 13.1. The van der Waals surface area contributed by atoms with Gasteiger partial charge in [0.1, 0.15) is 13.2 Å². The summed E-state index contributed by atoms with van der Waals surface area (Å²) in [6.45, 7) is 6.57. The van der Waals surface area contributed by atoms with Crippen LogP contribution in [0.5, 0.6) is 0 Å². The quantitative estimate of drug-likeness (QED) is 0.0262. The average Bonchev–Trinajstić information content (AvgIpc) is 3.33. The lowest BCUT2D eigenvalue weighted by atomic mass is 10.0. The van der Waals surface area contributed by atoms with Crippen molar-refractivity contribution in [2.24, 2.45) is 0 Å². The molecule has 1 atom stereocenters. The molecule has 0 aromatic carbocycles. The molecule has 0 aromatic rings. The lowest BCUT2D eigenvalue weighted by Crippen LogP contribution is -2.30. The largest absolute Gasteiger partial charge is 0.462 e. The molecular weight excluding hydrogens is 829 g/mol. The van der Waals surface area contributed by atoms with Crippen molar-refractivity contribution in [3.8, 4) is 0 Å². The molecule has 0 saturated carbocycles. The van der Waals surface area contributed by atoms with Gasteiger partial charge in [0, 0.05) is 19.3 Å². The average molecular weight is 942 g/mol. The molecule has 0 aliphatic carbocycles. The van der Waals surface area contributed by atoms with Gasteiger partial charge < -0.3 is 14.2 Å². The zero-order valence-corrected chi connectivity index (χ0v) is 44.9. The van der Waals surface area contributed by atoms with Gasteiger partial charge in [-0.15, -0.1) is 0 Å². The molecule has 6 heteroatoms. The van der Waals surface area contributed by atoms with E-state index in [0.29, 0.717) is 19.3 Å². The lowest BCUT2D eigenvalue weighted by molar-refractivity contribution is -0.167. The molecular formula is C61H112O6. The number of hydrogen-bond donors (Lipinski definition) is 0. The summed E-state index contributed by atoms with van der Waals surface area (Å²) >= 11 is 0. The molecule has 0 aromatic heterocycles. The minimum Gasteiger partial charge on any atom is -0.462 e. The maximum absolute atomic E-state index is 12.9. The summed E-state index contributed by atoms with van der Waals surface area (Å²) in [6.07, 6.45) is 67.1. The van der Waals surface area contributed by atoms with E-state index in [2.05, 4.69) is 57.2 Å². The van der Waals surface area contributed by atoms with Crippen LogP contribution in [-0.4, -0.2) is 37.2 Å². The first-order valence-corrected chi connectivity index (χ1v) is 29.5. The van der Waals surface area contributed by atoms with Gasteiger partial charge in [-0.1, -0.05) is 263 Å². The smallest absolute Gasteiger partial charge is 0.306 e. The monoisotopic (exact) mass is 941 g/mol. The molecule has 0 aliphatic rings. The molecule has 0 spiro atoms. The van der Waals surface area contributed by atoms with E-state index in [1.54, 1.807) is 0 Å². The number of carbonyl (C=O) groups is 3. The Labute approximate surface area is 416 Å². The second kappa shape index (κ2) is 56.2. The highest BCUT2D eigenvalue weighted by Crippen LogP contribution is 2.17. The van der Waals surface area contributed by atoms with Crippen LogP contribution in [0.3, 0.4) is 0 Å². The zero-order chi connectivity index (χ0) is 48.6. The maximum Gasteiger partial charge on any atom is 0.306 e. The number of carbonyl (C=O) groups excluding carboxylic acids is 3. The first-order chi connectivity index (χ1) is 33.0. The third-order valence-electron chi connectivity index (χ3n) is 13.1. The Kier molecular flexibility index (Phi) is 54.2. The SMILES string of the molecule is CC/C=C\C/C=C\CCCCCCCCCC(=O)OCC(COC(=O)CCCCCCCCCCCCCCCCCCCC)OC(=O)CCCCCCCCC/C=C\CCCCCCCC. The molecule has 0 fully saturated rings. The van der Waals surface area contributed by atoms with Gasteiger partial charge in [0.25, 0.3) is 0 Å². The van der Waals surface area contributed by atoms with Crippen molar-refractivity contribution in [2.45, 2.75) is 322 Å². The standard InChI is InChI=1S/C61H112O6/c1-4-7-10-13-16-19-22-25-28-30-32-33-36-39-42-45-48-51-54-60(63)66-57-58(56-65-59(62)53-50-47-44-41-38-35-27-24-21-18-15-12-9-6-3)67-61(64)55-52-49-46-43-40-37-34-31-29-26-23-20-17-14-11-8-5-2/h9,12,18,21,26,29,58H,4-8,10-11,13-17,19-20,22-25,27-28,30-57H2,1-3H3/b12-9-,21-18-,29-26-. The molecule has 0 amide bonds. The van der Waals surface area contributed by atoms with Gasteiger partial charge in [-0.05, 0) is 70.6 Å². The Morgan fingerprint density at radius 3 is 0.910 bits per heavy atom. The van der Waals surface area contributed by atoms with Crippen molar-refractivity contribution < 1.29 is 28.6 Å². The second-order valence-corrected chi connectivity index (χ2v) is 19.9. The summed E-state index contributed by atoms with van der Waals surface area (Å²) in [6, 6.07) is 0. The van der Waals surface area contributed by atoms with Crippen molar-refractivity contribution in [2.75, 3.05) is 13.2 Å². The Bertz CT molecular complexity index is 1130. The molecule has 6 nitrogen and oxygen atoms in total. The van der Waals surface area contributed by atoms with Crippen LogP contribution in [0.15, 0.2) is 36.5 Å². The van der Waals surface area contributed by atoms with Gasteiger partial charge >= 0.3 is 17.9 Å². The maximum atomic E-state index is 12.9. The molecule has 0 aliphatic heterocycles. The second-order valence-electron chi connectivity index (χ2n) is 19.9. The number of unbranched alkanes of at least 4 members (excludes halogenated alkanes) is 37. The molecule has 0 N–H and O–H groups in total. The van der Waals surface area contributed by atoms with E-state index < -0.39 is 6.10 Å². The van der Waals surface area contributed by atoms with Gasteiger partial charge in [0.15, 0.2) is 6.10 Å². The molecule has 0 bridgehead atoms. The van der Waals surface area contributed by atoms with Gasteiger partial charge in [0.2, 0.25) is 0 Å². The Hall–Kier alpha value is -2.37. The van der Waals surface area contributed by atoms with Crippen molar-refractivity contribution >= 4 is 17.9 Å². The van der Waals surface area contributed by atoms with Crippen LogP contribution >= 0.6 is 0 Å². The van der Waals surface area contributed by atoms with Crippen LogP contribution in [0.1, 0.15) is 316 Å². The predicted octanol–water partition coefficient (Wildman–Crippen LogP) is 19.7. The molecule has 392 valence electrons. The van der Waals surface area contributed by atoms with Gasteiger partial charge in [-0.25, -0.2) is 0 Å². The molecule has 0 radical (unpaired) electrons. The summed E-state index contributed by atoms with van der Waals surface area (Å²) < 4.78 is 16.9. The fraction of sp³-hybridized carbons (Fsp3) is 0.852. The number of ether oxygens (including phenoxy) is 3. The zero-order valence-electron chi connectivity index (χ0n) is 44.9. The van der Waals surface area contributed by atoms with E-state index in [0.717, 1.165) is 77.0 Å². The van der Waals surface area contributed by atoms with Crippen LogP contribution in [0.25, 0.3) is 0 Å². The number of allylic oxidation sites excluding steroid dienone is 6. The summed E-state index contributed by atoms with van der Waals surface area (Å²) in [5, 5.41) is 0. The molecule has 0 heterocycles. The Morgan fingerprint density at radius 2 is 0.582 bits per heavy atom. The topological polar surface area (TPSA) is 78.9 Å². The molecule has 0 saturated heterocycles. The first kappa shape index (κ1) is 64.6. The van der Waals surface area contributed by atoms with Gasteiger partial charge in [-0.3, -0.25) is 14.4 Å². The number of hydrogen-bond acceptors (Lipinski definition) is 6. The van der Waals surface area contributed by atoms with Crippen molar-refractivity contribution in [3.63, 3.8) is 0 Å². The van der Waals surface area contributed by atoms with E-state index >= 15 is 0 Å². The molecule has 1 unspecified atom stereocenters. The van der Waals surface area contributed by atoms with Crippen LogP contribution < -0.4 is 0 Å². The summed E-state index contributed by atoms with van der Waals surface area (Å²) in [5.41, 5.74) is 0. The van der Waals surface area contributed by atoms with E-state index in [9.17, 15) is 14.4 Å². The fourth-order valence-corrected chi connectivity index (χ4v) is 8.71. The highest BCUT2D eigenvalue weighted by atomic mass is 16.6. The highest BCUT2D eigenvalue weighted by Gasteiger charge is 2.19. The van der Waals surface area contributed by atoms with Crippen molar-refractivity contribution in [3.05, 3.63) is 36.5 Å². The summed E-state index contributed by atoms with van der Waals surface area (Å²) in [5.74, 6) is -0.867. The predicted molar refractivity (Wildman–Crippen MR) is 289 cm³/mol. The van der Waals surface area contributed by atoms with Crippen LogP contribution in [-0.2, 0) is 28.6 Å². The fourth-order valence-electron chi connectivity index (χ4n) is 8.71. The van der Waals surface area contributed by atoms with E-state index in [4.69, 9.17) is 14.2 Å². The Morgan fingerprint density at radius 1 is 0.313 bits per heavy atom. The first-order valence-electron chi connectivity index (χ1n) is 29.5. The summed E-state index contributed by atoms with van der Waals surface area (Å²) in [7, 11) is 0. The van der Waals surface area contributed by atoms with Crippen LogP contribution in [0.2, 0.25) is 0 Å². The highest BCUT2D eigenvalue weighted by molar-refractivity contribution is 5.71. The number of esters is 3. The van der Waals surface area contributed by atoms with Gasteiger partial charge in [-0.2, -0.15) is 0 Å². The minimum absolute atomic E-state index is 0.0726. The van der Waals surface area contributed by atoms with E-state index in [1.165, 1.54) is 199 Å². The van der Waals surface area contributed by atoms with Crippen LogP contribution in [0, 0.1) is 0 Å². The Balaban J connectivity index is 4.33. The normalized spacial score (nSPS) is 12.2. The lowest BCUT2D eigenvalue weighted by Gasteiger charge is -2.18. The summed E-state index contributed by atoms with van der Waals surface area (Å²) in [4.78, 5) is 38.2. The molecule has 0 rings (SSSR count). The van der Waals surface area contributed by atoms with E-state index in [1.807, 2.05) is 0 Å². The van der Waals surface area contributed by atoms with E-state index in [-0.39, 0.29) is 31.1 Å². The third kappa shape index (κ3) is 54.4. The van der Waals surface area contributed by atoms with Crippen molar-refractivity contribution in [1.82, 2.24) is 0 Å². The van der Waals surface area contributed by atoms with Gasteiger partial charge in [0.05, 0.1) is 0 Å². The minimum atomic E-state index is -0.775.